The molecular formula is C12H24N2O3. The normalized spacial score (nSPS) is 14.2. The molecule has 0 radical (unpaired) electrons. The van der Waals surface area contributed by atoms with Crippen molar-refractivity contribution in [1.82, 2.24) is 5.32 Å². The van der Waals surface area contributed by atoms with Gasteiger partial charge in [0.2, 0.25) is 5.91 Å². The van der Waals surface area contributed by atoms with Gasteiger partial charge in [-0.1, -0.05) is 0 Å². The summed E-state index contributed by atoms with van der Waals surface area (Å²) in [5, 5.41) is 11.9. The third kappa shape index (κ3) is 4.34. The van der Waals surface area contributed by atoms with Gasteiger partial charge in [0, 0.05) is 18.0 Å². The molecule has 0 fully saturated rings. The number of carbonyl (C=O) groups excluding carboxylic acids is 1. The average Bonchev–Trinajstić information content (AvgIpc) is 2.13. The number of hydrogen-bond donors (Lipinski definition) is 3. The highest BCUT2D eigenvalue weighted by Crippen LogP contribution is 2.30. The van der Waals surface area contributed by atoms with Crippen LogP contribution in [0.4, 0.5) is 0 Å². The topological polar surface area (TPSA) is 92.4 Å². The summed E-state index contributed by atoms with van der Waals surface area (Å²) >= 11 is 0. The number of rotatable bonds is 6. The molecule has 1 atom stereocenters. The molecule has 0 aromatic rings. The van der Waals surface area contributed by atoms with Gasteiger partial charge in [-0.3, -0.25) is 9.59 Å². The molecule has 0 aliphatic rings. The summed E-state index contributed by atoms with van der Waals surface area (Å²) in [6, 6.07) is -0.0312. The summed E-state index contributed by atoms with van der Waals surface area (Å²) in [4.78, 5) is 22.8. The Morgan fingerprint density at radius 2 is 1.76 bits per heavy atom. The summed E-state index contributed by atoms with van der Waals surface area (Å²) in [6.45, 7) is 8.46. The number of amides is 1. The largest absolute Gasteiger partial charge is 0.481 e. The molecule has 0 aromatic heterocycles. The van der Waals surface area contributed by atoms with E-state index < -0.39 is 16.9 Å². The van der Waals surface area contributed by atoms with E-state index in [2.05, 4.69) is 5.32 Å². The second-order valence-corrected chi connectivity index (χ2v) is 5.62. The number of nitrogens with one attached hydrogen (secondary N) is 1. The van der Waals surface area contributed by atoms with Crippen molar-refractivity contribution in [3.63, 3.8) is 0 Å². The van der Waals surface area contributed by atoms with Crippen molar-refractivity contribution in [3.8, 4) is 0 Å². The van der Waals surface area contributed by atoms with Gasteiger partial charge in [0.25, 0.3) is 0 Å². The first-order valence-corrected chi connectivity index (χ1v) is 5.80. The zero-order valence-corrected chi connectivity index (χ0v) is 11.3. The van der Waals surface area contributed by atoms with Crippen molar-refractivity contribution in [1.29, 1.82) is 0 Å². The smallest absolute Gasteiger partial charge is 0.311 e. The molecule has 5 heteroatoms. The lowest BCUT2D eigenvalue weighted by molar-refractivity contribution is -0.151. The van der Waals surface area contributed by atoms with Gasteiger partial charge in [0.1, 0.15) is 0 Å². The lowest BCUT2D eigenvalue weighted by atomic mass is 9.74. The van der Waals surface area contributed by atoms with E-state index in [0.717, 1.165) is 0 Å². The Hall–Kier alpha value is -1.10. The first-order chi connectivity index (χ1) is 7.50. The van der Waals surface area contributed by atoms with Crippen molar-refractivity contribution in [2.24, 2.45) is 11.1 Å². The number of hydrogen-bond acceptors (Lipinski definition) is 3. The third-order valence-corrected chi connectivity index (χ3v) is 3.38. The van der Waals surface area contributed by atoms with Crippen molar-refractivity contribution in [3.05, 3.63) is 0 Å². The molecule has 0 aromatic carbocycles. The van der Waals surface area contributed by atoms with Gasteiger partial charge in [0.15, 0.2) is 0 Å². The summed E-state index contributed by atoms with van der Waals surface area (Å²) in [6.07, 6.45) is 0.909. The Kier molecular flexibility index (Phi) is 5.13. The fourth-order valence-electron chi connectivity index (χ4n) is 1.19. The van der Waals surface area contributed by atoms with Crippen LogP contribution in [0, 0.1) is 5.41 Å². The van der Waals surface area contributed by atoms with Gasteiger partial charge >= 0.3 is 5.97 Å². The molecule has 0 aliphatic heterocycles. The Bertz CT molecular complexity index is 296. The lowest BCUT2D eigenvalue weighted by Gasteiger charge is -2.38. The Balaban J connectivity index is 4.54. The molecule has 0 saturated carbocycles. The first kappa shape index (κ1) is 15.9. The van der Waals surface area contributed by atoms with E-state index in [1.165, 1.54) is 0 Å². The second-order valence-electron chi connectivity index (χ2n) is 5.62. The summed E-state index contributed by atoms with van der Waals surface area (Å²) in [7, 11) is 0. The van der Waals surface area contributed by atoms with E-state index >= 15 is 0 Å². The fourth-order valence-corrected chi connectivity index (χ4v) is 1.19. The molecule has 17 heavy (non-hydrogen) atoms. The fraction of sp³-hybridized carbons (Fsp3) is 0.833. The molecule has 4 N–H and O–H groups in total. The molecule has 0 saturated heterocycles. The number of aliphatic carboxylic acids is 1. The minimum Gasteiger partial charge on any atom is -0.481 e. The van der Waals surface area contributed by atoms with E-state index in [1.807, 2.05) is 6.92 Å². The average molecular weight is 244 g/mol. The highest BCUT2D eigenvalue weighted by Gasteiger charge is 2.44. The minimum atomic E-state index is -1.03. The standard InChI is InChI=1S/C12H24N2O3/c1-8(13)6-7-9(15)14-12(4,5)11(2,3)10(16)17/h8H,6-7,13H2,1-5H3,(H,14,15)(H,16,17). The number of nitrogens with two attached hydrogens (primary N) is 1. The third-order valence-electron chi connectivity index (χ3n) is 3.38. The van der Waals surface area contributed by atoms with Crippen molar-refractivity contribution in [2.45, 2.75) is 59.0 Å². The zero-order valence-electron chi connectivity index (χ0n) is 11.3. The van der Waals surface area contributed by atoms with E-state index in [1.54, 1.807) is 27.7 Å². The molecular weight excluding hydrogens is 220 g/mol. The van der Waals surface area contributed by atoms with Crippen molar-refractivity contribution in [2.75, 3.05) is 0 Å². The van der Waals surface area contributed by atoms with Crippen LogP contribution in [0.2, 0.25) is 0 Å². The molecule has 100 valence electrons. The van der Waals surface area contributed by atoms with Crippen LogP contribution in [-0.2, 0) is 9.59 Å². The van der Waals surface area contributed by atoms with Crippen LogP contribution in [0.25, 0.3) is 0 Å². The quantitative estimate of drug-likeness (QED) is 0.652. The summed E-state index contributed by atoms with van der Waals surface area (Å²) < 4.78 is 0. The maximum absolute atomic E-state index is 11.7. The second kappa shape index (κ2) is 5.49. The van der Waals surface area contributed by atoms with Crippen LogP contribution in [0.3, 0.4) is 0 Å². The van der Waals surface area contributed by atoms with Crippen LogP contribution in [0.15, 0.2) is 0 Å². The monoisotopic (exact) mass is 244 g/mol. The molecule has 1 unspecified atom stereocenters. The van der Waals surface area contributed by atoms with E-state index in [0.29, 0.717) is 12.8 Å². The Labute approximate surface area is 103 Å². The van der Waals surface area contributed by atoms with Crippen LogP contribution >= 0.6 is 0 Å². The first-order valence-electron chi connectivity index (χ1n) is 5.80. The number of carboxylic acids is 1. The highest BCUT2D eigenvalue weighted by atomic mass is 16.4. The van der Waals surface area contributed by atoms with Gasteiger partial charge in [0.05, 0.1) is 5.41 Å². The zero-order chi connectivity index (χ0) is 13.9. The minimum absolute atomic E-state index is 0.0312. The molecule has 0 heterocycles. The molecule has 5 nitrogen and oxygen atoms in total. The lowest BCUT2D eigenvalue weighted by Crippen LogP contribution is -2.57. The number of carboxylic acid groups (broad SMARTS) is 1. The summed E-state index contributed by atoms with van der Waals surface area (Å²) in [5.41, 5.74) is 3.72. The molecule has 1 amide bonds. The molecule has 0 rings (SSSR count). The maximum Gasteiger partial charge on any atom is 0.311 e. The SMILES string of the molecule is CC(N)CCC(=O)NC(C)(C)C(C)(C)C(=O)O. The molecule has 0 spiro atoms. The van der Waals surface area contributed by atoms with Crippen molar-refractivity contribution < 1.29 is 14.7 Å². The van der Waals surface area contributed by atoms with E-state index in [9.17, 15) is 9.59 Å². The molecule has 0 bridgehead atoms. The maximum atomic E-state index is 11.7. The van der Waals surface area contributed by atoms with Crippen LogP contribution in [0.5, 0.6) is 0 Å². The molecule has 0 aliphatic carbocycles. The van der Waals surface area contributed by atoms with Crippen LogP contribution < -0.4 is 11.1 Å². The summed E-state index contributed by atoms with van der Waals surface area (Å²) in [5.74, 6) is -1.10. The predicted molar refractivity (Wildman–Crippen MR) is 66.5 cm³/mol. The Morgan fingerprint density at radius 3 is 2.12 bits per heavy atom. The predicted octanol–water partition coefficient (Wildman–Crippen LogP) is 1.12. The number of carbonyl (C=O) groups is 2. The van der Waals surface area contributed by atoms with Crippen LogP contribution in [0.1, 0.15) is 47.5 Å². The van der Waals surface area contributed by atoms with Gasteiger partial charge in [-0.25, -0.2) is 0 Å². The van der Waals surface area contributed by atoms with Crippen LogP contribution in [-0.4, -0.2) is 28.6 Å². The van der Waals surface area contributed by atoms with E-state index in [-0.39, 0.29) is 11.9 Å². The Morgan fingerprint density at radius 1 is 1.29 bits per heavy atom. The van der Waals surface area contributed by atoms with Gasteiger partial charge in [-0.15, -0.1) is 0 Å². The van der Waals surface area contributed by atoms with E-state index in [4.69, 9.17) is 10.8 Å². The van der Waals surface area contributed by atoms with Crippen molar-refractivity contribution >= 4 is 11.9 Å². The highest BCUT2D eigenvalue weighted by molar-refractivity contribution is 5.80. The van der Waals surface area contributed by atoms with Gasteiger partial charge in [-0.2, -0.15) is 0 Å². The van der Waals surface area contributed by atoms with Gasteiger partial charge < -0.3 is 16.2 Å². The van der Waals surface area contributed by atoms with Gasteiger partial charge in [-0.05, 0) is 41.0 Å².